The van der Waals surface area contributed by atoms with Gasteiger partial charge in [-0.25, -0.2) is 0 Å². The Morgan fingerprint density at radius 2 is 1.50 bits per heavy atom. The average molecular weight is 343 g/mol. The van der Waals surface area contributed by atoms with Crippen molar-refractivity contribution in [2.75, 3.05) is 0 Å². The first-order valence-electron chi connectivity index (χ1n) is 7.02. The standard InChI is InChI=1S/C12H23OPS4/c15-14(18-16,13-11-7-3-1-4-8-11)17-12-9-5-2-6-10-12/h11-12,16H,1-10H2. The molecule has 0 bridgehead atoms. The molecule has 0 aliphatic heterocycles. The highest BCUT2D eigenvalue weighted by Crippen LogP contribution is 2.74. The highest BCUT2D eigenvalue weighted by atomic mass is 33.5. The fourth-order valence-corrected chi connectivity index (χ4v) is 11.5. The van der Waals surface area contributed by atoms with Gasteiger partial charge in [0.05, 0.1) is 6.10 Å². The molecule has 0 amide bonds. The van der Waals surface area contributed by atoms with Crippen LogP contribution >= 0.6 is 38.1 Å². The average Bonchev–Trinajstić information content (AvgIpc) is 2.41. The summed E-state index contributed by atoms with van der Waals surface area (Å²) in [6, 6.07) is 0. The summed E-state index contributed by atoms with van der Waals surface area (Å²) in [5.74, 6) is 0. The first kappa shape index (κ1) is 16.0. The van der Waals surface area contributed by atoms with Crippen molar-refractivity contribution in [2.45, 2.75) is 75.6 Å². The molecule has 0 heterocycles. The highest BCUT2D eigenvalue weighted by molar-refractivity contribution is 9.15. The van der Waals surface area contributed by atoms with Crippen LogP contribution in [-0.4, -0.2) is 11.4 Å². The van der Waals surface area contributed by atoms with Crippen LogP contribution in [0.15, 0.2) is 0 Å². The number of hydrogen-bond acceptors (Lipinski definition) is 5. The van der Waals surface area contributed by atoms with E-state index in [9.17, 15) is 0 Å². The summed E-state index contributed by atoms with van der Waals surface area (Å²) >= 11 is 12.2. The fourth-order valence-electron chi connectivity index (χ4n) is 2.77. The summed E-state index contributed by atoms with van der Waals surface area (Å²) in [5, 5.41) is 0.729. The molecule has 1 nitrogen and oxygen atoms in total. The lowest BCUT2D eigenvalue weighted by atomic mass is 9.98. The minimum atomic E-state index is -1.81. The molecule has 2 aliphatic carbocycles. The van der Waals surface area contributed by atoms with Crippen molar-refractivity contribution >= 4 is 49.9 Å². The molecule has 0 saturated heterocycles. The van der Waals surface area contributed by atoms with Gasteiger partial charge in [0.2, 0.25) is 0 Å². The molecule has 106 valence electrons. The van der Waals surface area contributed by atoms with Gasteiger partial charge in [0.25, 0.3) is 0 Å². The van der Waals surface area contributed by atoms with E-state index in [0.29, 0.717) is 6.10 Å². The lowest BCUT2D eigenvalue weighted by molar-refractivity contribution is 0.180. The first-order valence-corrected chi connectivity index (χ1v) is 13.7. The van der Waals surface area contributed by atoms with E-state index in [2.05, 4.69) is 11.7 Å². The Morgan fingerprint density at radius 1 is 0.944 bits per heavy atom. The molecule has 2 saturated carbocycles. The fraction of sp³-hybridized carbons (Fsp3) is 1.00. The molecule has 18 heavy (non-hydrogen) atoms. The van der Waals surface area contributed by atoms with Crippen molar-refractivity contribution in [3.05, 3.63) is 0 Å². The highest BCUT2D eigenvalue weighted by Gasteiger charge is 2.29. The molecule has 0 aromatic carbocycles. The summed E-state index contributed by atoms with van der Waals surface area (Å²) in [5.41, 5.74) is 0. The molecule has 0 N–H and O–H groups in total. The minimum absolute atomic E-state index is 0.417. The molecule has 0 spiro atoms. The van der Waals surface area contributed by atoms with Gasteiger partial charge in [0.15, 0.2) is 4.67 Å². The van der Waals surface area contributed by atoms with Crippen LogP contribution in [0.25, 0.3) is 0 Å². The van der Waals surface area contributed by atoms with Crippen molar-refractivity contribution in [2.24, 2.45) is 0 Å². The molecule has 2 fully saturated rings. The van der Waals surface area contributed by atoms with Crippen LogP contribution in [0.3, 0.4) is 0 Å². The minimum Gasteiger partial charge on any atom is -0.330 e. The predicted octanol–water partition coefficient (Wildman–Crippen LogP) is 6.20. The van der Waals surface area contributed by atoms with E-state index in [4.69, 9.17) is 16.3 Å². The van der Waals surface area contributed by atoms with Gasteiger partial charge in [0, 0.05) is 5.25 Å². The molecule has 0 radical (unpaired) electrons. The Kier molecular flexibility index (Phi) is 7.30. The Balaban J connectivity index is 1.85. The largest absolute Gasteiger partial charge is 0.330 e. The smallest absolute Gasteiger partial charge is 0.185 e. The molecule has 1 atom stereocenters. The van der Waals surface area contributed by atoms with Crippen molar-refractivity contribution in [1.82, 2.24) is 0 Å². The molecule has 2 aliphatic rings. The summed E-state index contributed by atoms with van der Waals surface area (Å²) in [7, 11) is 1.52. The second-order valence-corrected chi connectivity index (χ2v) is 16.7. The number of rotatable bonds is 5. The Labute approximate surface area is 129 Å². The second kappa shape index (κ2) is 8.19. The van der Waals surface area contributed by atoms with E-state index >= 15 is 0 Å². The first-order chi connectivity index (χ1) is 8.72. The second-order valence-electron chi connectivity index (χ2n) is 5.26. The van der Waals surface area contributed by atoms with Gasteiger partial charge in [0.1, 0.15) is 0 Å². The van der Waals surface area contributed by atoms with Crippen LogP contribution in [-0.2, 0) is 16.3 Å². The zero-order valence-electron chi connectivity index (χ0n) is 10.8. The summed E-state index contributed by atoms with van der Waals surface area (Å²) < 4.78 is 4.50. The molecule has 1 unspecified atom stereocenters. The van der Waals surface area contributed by atoms with E-state index in [1.807, 2.05) is 11.4 Å². The van der Waals surface area contributed by atoms with Crippen molar-refractivity contribution in [3.8, 4) is 0 Å². The van der Waals surface area contributed by atoms with Crippen molar-refractivity contribution in [1.29, 1.82) is 0 Å². The Morgan fingerprint density at radius 3 is 2.06 bits per heavy atom. The third kappa shape index (κ3) is 5.21. The monoisotopic (exact) mass is 342 g/mol. The van der Waals surface area contributed by atoms with E-state index in [0.717, 1.165) is 5.25 Å². The van der Waals surface area contributed by atoms with Gasteiger partial charge in [-0.3, -0.25) is 0 Å². The van der Waals surface area contributed by atoms with Gasteiger partial charge < -0.3 is 4.52 Å². The van der Waals surface area contributed by atoms with E-state index in [-0.39, 0.29) is 0 Å². The zero-order valence-corrected chi connectivity index (χ0v) is 15.0. The molecular weight excluding hydrogens is 319 g/mol. The van der Waals surface area contributed by atoms with Gasteiger partial charge >= 0.3 is 0 Å². The molecule has 0 aromatic heterocycles. The maximum absolute atomic E-state index is 6.31. The third-order valence-electron chi connectivity index (χ3n) is 3.76. The summed E-state index contributed by atoms with van der Waals surface area (Å²) in [4.78, 5) is 0. The van der Waals surface area contributed by atoms with Gasteiger partial charge in [-0.05, 0) is 47.9 Å². The van der Waals surface area contributed by atoms with Crippen LogP contribution in [0.1, 0.15) is 64.2 Å². The topological polar surface area (TPSA) is 9.23 Å². The van der Waals surface area contributed by atoms with E-state index in [1.54, 1.807) is 0 Å². The van der Waals surface area contributed by atoms with Crippen molar-refractivity contribution in [3.63, 3.8) is 0 Å². The third-order valence-corrected chi connectivity index (χ3v) is 15.5. The van der Waals surface area contributed by atoms with Gasteiger partial charge in [-0.15, -0.1) is 11.7 Å². The van der Waals surface area contributed by atoms with Crippen LogP contribution in [0.2, 0.25) is 0 Å². The maximum Gasteiger partial charge on any atom is 0.185 e. The Bertz CT molecular complexity index is 264. The molecular formula is C12H23OPS4. The number of thiol groups is 1. The van der Waals surface area contributed by atoms with Crippen LogP contribution in [0, 0.1) is 0 Å². The zero-order chi connectivity index (χ0) is 12.8. The summed E-state index contributed by atoms with van der Waals surface area (Å²) in [6.45, 7) is 0. The quantitative estimate of drug-likeness (QED) is 0.361. The molecule has 0 aromatic rings. The van der Waals surface area contributed by atoms with Crippen LogP contribution < -0.4 is 0 Å². The lowest BCUT2D eigenvalue weighted by Crippen LogP contribution is -2.15. The van der Waals surface area contributed by atoms with Gasteiger partial charge in [-0.2, -0.15) is 0 Å². The predicted molar refractivity (Wildman–Crippen MR) is 93.3 cm³/mol. The molecule has 6 heteroatoms. The summed E-state index contributed by atoms with van der Waals surface area (Å²) in [6.07, 6.45) is 13.6. The normalized spacial score (nSPS) is 26.9. The lowest BCUT2D eigenvalue weighted by Gasteiger charge is -2.31. The molecule has 2 rings (SSSR count). The SMILES string of the molecule is S=P(OC1CCCCC1)(SS)SC1CCCCC1. The van der Waals surface area contributed by atoms with E-state index < -0.39 is 4.67 Å². The van der Waals surface area contributed by atoms with Crippen LogP contribution in [0.4, 0.5) is 0 Å². The number of hydrogen-bond donors (Lipinski definition) is 1. The van der Waals surface area contributed by atoms with E-state index in [1.165, 1.54) is 74.6 Å². The van der Waals surface area contributed by atoms with Gasteiger partial charge in [-0.1, -0.05) is 49.9 Å². The maximum atomic E-state index is 6.31. The Hall–Kier alpha value is 1.66. The van der Waals surface area contributed by atoms with Crippen molar-refractivity contribution < 1.29 is 4.52 Å². The van der Waals surface area contributed by atoms with Crippen LogP contribution in [0.5, 0.6) is 0 Å².